The number of carbonyl (C=O) groups excluding carboxylic acids is 1. The van der Waals surface area contributed by atoms with Gasteiger partial charge in [-0.3, -0.25) is 9.48 Å². The summed E-state index contributed by atoms with van der Waals surface area (Å²) in [6, 6.07) is -0.860. The predicted molar refractivity (Wildman–Crippen MR) is 71.2 cm³/mol. The van der Waals surface area contributed by atoms with Gasteiger partial charge in [-0.15, -0.1) is 0 Å². The van der Waals surface area contributed by atoms with E-state index in [0.717, 1.165) is 18.7 Å². The van der Waals surface area contributed by atoms with Crippen molar-refractivity contribution in [2.45, 2.75) is 46.7 Å². The molecule has 19 heavy (non-hydrogen) atoms. The number of carboxylic acids is 1. The molecule has 0 aliphatic carbocycles. The van der Waals surface area contributed by atoms with Crippen LogP contribution in [0.2, 0.25) is 0 Å². The number of nitrogens with zero attached hydrogens (tertiary/aromatic N) is 3. The molecule has 0 bridgehead atoms. The highest BCUT2D eigenvalue weighted by atomic mass is 16.4. The first-order valence-corrected chi connectivity index (χ1v) is 6.35. The Bertz CT molecular complexity index is 494. The summed E-state index contributed by atoms with van der Waals surface area (Å²) < 4.78 is 1.79. The van der Waals surface area contributed by atoms with Crippen LogP contribution < -0.4 is 0 Å². The van der Waals surface area contributed by atoms with E-state index in [1.54, 1.807) is 11.6 Å². The topological polar surface area (TPSA) is 75.4 Å². The summed E-state index contributed by atoms with van der Waals surface area (Å²) in [5.74, 6) is -1.32. The molecule has 0 aromatic carbocycles. The van der Waals surface area contributed by atoms with Gasteiger partial charge in [-0.25, -0.2) is 4.79 Å². The van der Waals surface area contributed by atoms with Crippen LogP contribution in [0, 0.1) is 13.8 Å². The summed E-state index contributed by atoms with van der Waals surface area (Å²) >= 11 is 0. The quantitative estimate of drug-likeness (QED) is 0.876. The standard InChI is InChI=1S/C13H21N3O3/c1-6-7-16-9(3)11(8(2)14-16)12(17)15(5)10(4)13(18)19/h10H,6-7H2,1-5H3,(H,18,19). The largest absolute Gasteiger partial charge is 0.480 e. The van der Waals surface area contributed by atoms with Gasteiger partial charge in [0.2, 0.25) is 0 Å². The van der Waals surface area contributed by atoms with Gasteiger partial charge in [0.15, 0.2) is 0 Å². The minimum Gasteiger partial charge on any atom is -0.480 e. The number of aryl methyl sites for hydroxylation is 2. The molecule has 1 heterocycles. The first kappa shape index (κ1) is 15.2. The Hall–Kier alpha value is -1.85. The second kappa shape index (κ2) is 5.86. The average Bonchev–Trinajstić information content (AvgIpc) is 2.62. The maximum Gasteiger partial charge on any atom is 0.326 e. The van der Waals surface area contributed by atoms with Crippen LogP contribution in [-0.2, 0) is 11.3 Å². The first-order valence-electron chi connectivity index (χ1n) is 6.35. The van der Waals surface area contributed by atoms with Crippen molar-refractivity contribution in [2.24, 2.45) is 0 Å². The highest BCUT2D eigenvalue weighted by molar-refractivity contribution is 5.98. The molecule has 6 heteroatoms. The average molecular weight is 267 g/mol. The van der Waals surface area contributed by atoms with E-state index in [9.17, 15) is 9.59 Å². The molecule has 0 saturated carbocycles. The summed E-state index contributed by atoms with van der Waals surface area (Å²) in [7, 11) is 1.50. The highest BCUT2D eigenvalue weighted by Gasteiger charge is 2.27. The van der Waals surface area contributed by atoms with E-state index in [1.165, 1.54) is 18.9 Å². The van der Waals surface area contributed by atoms with Gasteiger partial charge in [0.25, 0.3) is 5.91 Å². The second-order valence-electron chi connectivity index (χ2n) is 4.70. The van der Waals surface area contributed by atoms with Crippen LogP contribution in [0.5, 0.6) is 0 Å². The number of hydrogen-bond donors (Lipinski definition) is 1. The molecule has 0 aliphatic rings. The minimum atomic E-state index is -1.02. The number of likely N-dealkylation sites (N-methyl/N-ethyl adjacent to an activating group) is 1. The zero-order chi connectivity index (χ0) is 14.7. The number of aliphatic carboxylic acids is 1. The van der Waals surface area contributed by atoms with Crippen molar-refractivity contribution in [1.82, 2.24) is 14.7 Å². The van der Waals surface area contributed by atoms with Crippen molar-refractivity contribution < 1.29 is 14.7 Å². The fraction of sp³-hybridized carbons (Fsp3) is 0.615. The molecule has 1 rings (SSSR count). The molecule has 1 aromatic heterocycles. The van der Waals surface area contributed by atoms with Crippen molar-refractivity contribution in [3.63, 3.8) is 0 Å². The monoisotopic (exact) mass is 267 g/mol. The number of hydrogen-bond acceptors (Lipinski definition) is 3. The molecule has 0 spiro atoms. The number of aromatic nitrogens is 2. The van der Waals surface area contributed by atoms with Gasteiger partial charge in [-0.1, -0.05) is 6.92 Å². The van der Waals surface area contributed by atoms with Gasteiger partial charge in [-0.05, 0) is 27.2 Å². The Morgan fingerprint density at radius 3 is 2.47 bits per heavy atom. The Morgan fingerprint density at radius 1 is 1.42 bits per heavy atom. The zero-order valence-electron chi connectivity index (χ0n) is 12.1. The van der Waals surface area contributed by atoms with Crippen LogP contribution in [0.4, 0.5) is 0 Å². The fourth-order valence-corrected chi connectivity index (χ4v) is 1.95. The molecule has 1 atom stereocenters. The third-order valence-electron chi connectivity index (χ3n) is 3.29. The van der Waals surface area contributed by atoms with E-state index < -0.39 is 12.0 Å². The number of carbonyl (C=O) groups is 2. The molecule has 0 aliphatic heterocycles. The van der Waals surface area contributed by atoms with E-state index in [2.05, 4.69) is 5.10 Å². The maximum absolute atomic E-state index is 12.4. The summed E-state index contributed by atoms with van der Waals surface area (Å²) in [5.41, 5.74) is 1.93. The molecule has 1 aromatic rings. The van der Waals surface area contributed by atoms with E-state index in [4.69, 9.17) is 5.11 Å². The Morgan fingerprint density at radius 2 is 2.00 bits per heavy atom. The molecule has 106 valence electrons. The van der Waals surface area contributed by atoms with E-state index in [1.807, 2.05) is 13.8 Å². The van der Waals surface area contributed by atoms with Crippen LogP contribution in [0.15, 0.2) is 0 Å². The third kappa shape index (κ3) is 2.94. The van der Waals surface area contributed by atoms with Crippen molar-refractivity contribution >= 4 is 11.9 Å². The molecule has 6 nitrogen and oxygen atoms in total. The van der Waals surface area contributed by atoms with Crippen molar-refractivity contribution in [3.8, 4) is 0 Å². The van der Waals surface area contributed by atoms with Crippen molar-refractivity contribution in [3.05, 3.63) is 17.0 Å². The maximum atomic E-state index is 12.4. The highest BCUT2D eigenvalue weighted by Crippen LogP contribution is 2.16. The first-order chi connectivity index (χ1) is 8.81. The fourth-order valence-electron chi connectivity index (χ4n) is 1.95. The molecule has 1 N–H and O–H groups in total. The summed E-state index contributed by atoms with van der Waals surface area (Å²) in [6.45, 7) is 7.88. The summed E-state index contributed by atoms with van der Waals surface area (Å²) in [4.78, 5) is 24.5. The lowest BCUT2D eigenvalue weighted by atomic mass is 10.1. The number of carboxylic acid groups (broad SMARTS) is 1. The van der Waals surface area contributed by atoms with E-state index >= 15 is 0 Å². The van der Waals surface area contributed by atoms with E-state index in [0.29, 0.717) is 11.3 Å². The lowest BCUT2D eigenvalue weighted by molar-refractivity contribution is -0.141. The van der Waals surface area contributed by atoms with Gasteiger partial charge in [0.1, 0.15) is 6.04 Å². The van der Waals surface area contributed by atoms with Gasteiger partial charge in [-0.2, -0.15) is 5.10 Å². The van der Waals surface area contributed by atoms with Crippen LogP contribution in [-0.4, -0.2) is 44.8 Å². The number of amides is 1. The third-order valence-corrected chi connectivity index (χ3v) is 3.29. The smallest absolute Gasteiger partial charge is 0.326 e. The van der Waals surface area contributed by atoms with Crippen molar-refractivity contribution in [1.29, 1.82) is 0 Å². The molecule has 0 fully saturated rings. The lowest BCUT2D eigenvalue weighted by Crippen LogP contribution is -2.40. The molecular weight excluding hydrogens is 246 g/mol. The van der Waals surface area contributed by atoms with Crippen molar-refractivity contribution in [2.75, 3.05) is 7.05 Å². The van der Waals surface area contributed by atoms with Crippen LogP contribution in [0.25, 0.3) is 0 Å². The Balaban J connectivity index is 3.09. The number of rotatable bonds is 5. The molecule has 0 saturated heterocycles. The lowest BCUT2D eigenvalue weighted by Gasteiger charge is -2.21. The summed E-state index contributed by atoms with van der Waals surface area (Å²) in [6.07, 6.45) is 0.928. The zero-order valence-corrected chi connectivity index (χ0v) is 12.1. The molecule has 0 radical (unpaired) electrons. The minimum absolute atomic E-state index is 0.299. The van der Waals surface area contributed by atoms with Gasteiger partial charge in [0, 0.05) is 19.3 Å². The molecule has 1 amide bonds. The Labute approximate surface area is 113 Å². The second-order valence-corrected chi connectivity index (χ2v) is 4.70. The van der Waals surface area contributed by atoms with Crippen LogP contribution in [0.1, 0.15) is 42.0 Å². The van der Waals surface area contributed by atoms with E-state index in [-0.39, 0.29) is 5.91 Å². The normalized spacial score (nSPS) is 12.3. The summed E-state index contributed by atoms with van der Waals surface area (Å²) in [5, 5.41) is 13.3. The predicted octanol–water partition coefficient (Wildman–Crippen LogP) is 1.46. The van der Waals surface area contributed by atoms with Gasteiger partial charge < -0.3 is 10.0 Å². The van der Waals surface area contributed by atoms with Crippen LogP contribution in [0.3, 0.4) is 0 Å². The SMILES string of the molecule is CCCn1nc(C)c(C(=O)N(C)C(C)C(=O)O)c1C. The van der Waals surface area contributed by atoms with Crippen LogP contribution >= 0.6 is 0 Å². The van der Waals surface area contributed by atoms with Gasteiger partial charge >= 0.3 is 5.97 Å². The molecular formula is C13H21N3O3. The molecule has 1 unspecified atom stereocenters. The van der Waals surface area contributed by atoms with Gasteiger partial charge in [0.05, 0.1) is 11.3 Å². The Kier molecular flexibility index (Phi) is 4.69.